The van der Waals surface area contributed by atoms with Crippen LogP contribution in [0.5, 0.6) is 0 Å². The van der Waals surface area contributed by atoms with E-state index in [0.717, 1.165) is 65.2 Å². The number of carbonyl (C=O) groups is 2. The third-order valence-electron chi connectivity index (χ3n) is 6.30. The van der Waals surface area contributed by atoms with Gasteiger partial charge < -0.3 is 10.1 Å². The average molecular weight is 502 g/mol. The molecule has 0 saturated carbocycles. The van der Waals surface area contributed by atoms with Gasteiger partial charge in [0.25, 0.3) is 0 Å². The molecular formula is C24H27N3O3S3. The predicted molar refractivity (Wildman–Crippen MR) is 135 cm³/mol. The van der Waals surface area contributed by atoms with Gasteiger partial charge in [0.2, 0.25) is 5.91 Å². The zero-order valence-electron chi connectivity index (χ0n) is 18.9. The molecule has 0 spiro atoms. The van der Waals surface area contributed by atoms with Crippen molar-refractivity contribution in [2.75, 3.05) is 18.2 Å². The van der Waals surface area contributed by atoms with Gasteiger partial charge in [-0.15, -0.1) is 22.7 Å². The molecule has 3 heterocycles. The Kier molecular flexibility index (Phi) is 6.72. The van der Waals surface area contributed by atoms with Gasteiger partial charge in [-0.2, -0.15) is 0 Å². The number of anilines is 1. The van der Waals surface area contributed by atoms with E-state index in [1.54, 1.807) is 11.3 Å². The number of thioether (sulfide) groups is 1. The number of hydrogen-bond donors (Lipinski definition) is 1. The van der Waals surface area contributed by atoms with Crippen molar-refractivity contribution in [3.05, 3.63) is 32.3 Å². The minimum Gasteiger partial charge on any atom is -0.465 e. The van der Waals surface area contributed by atoms with Gasteiger partial charge in [-0.1, -0.05) is 18.2 Å². The van der Waals surface area contributed by atoms with E-state index in [0.29, 0.717) is 10.6 Å². The highest BCUT2D eigenvalue weighted by Crippen LogP contribution is 2.40. The lowest BCUT2D eigenvalue weighted by Crippen LogP contribution is -2.16. The van der Waals surface area contributed by atoms with Crippen LogP contribution in [0, 0.1) is 6.92 Å². The van der Waals surface area contributed by atoms with Crippen molar-refractivity contribution in [3.63, 3.8) is 0 Å². The Balaban J connectivity index is 1.37. The number of carbonyl (C=O) groups excluding carboxylic acids is 2. The van der Waals surface area contributed by atoms with Crippen LogP contribution >= 0.6 is 34.4 Å². The first kappa shape index (κ1) is 22.8. The second-order valence-electron chi connectivity index (χ2n) is 8.56. The van der Waals surface area contributed by atoms with Gasteiger partial charge in [-0.3, -0.25) is 4.79 Å². The van der Waals surface area contributed by atoms with E-state index in [2.05, 4.69) is 10.3 Å². The van der Waals surface area contributed by atoms with Crippen molar-refractivity contribution >= 4 is 61.5 Å². The Bertz CT molecular complexity index is 1230. The summed E-state index contributed by atoms with van der Waals surface area (Å²) in [5.74, 6) is 0.476. The molecule has 5 rings (SSSR count). The second kappa shape index (κ2) is 9.72. The van der Waals surface area contributed by atoms with Gasteiger partial charge in [0.1, 0.15) is 20.7 Å². The molecule has 9 heteroatoms. The fourth-order valence-corrected chi connectivity index (χ4v) is 8.34. The molecule has 0 radical (unpaired) electrons. The Morgan fingerprint density at radius 1 is 0.970 bits per heavy atom. The van der Waals surface area contributed by atoms with Crippen molar-refractivity contribution in [2.24, 2.45) is 0 Å². The number of hydrogen-bond acceptors (Lipinski definition) is 8. The molecule has 0 fully saturated rings. The van der Waals surface area contributed by atoms with Crippen LogP contribution in [0.15, 0.2) is 5.03 Å². The van der Waals surface area contributed by atoms with E-state index in [9.17, 15) is 9.59 Å². The fraction of sp³-hybridized carbons (Fsp3) is 0.500. The maximum Gasteiger partial charge on any atom is 0.341 e. The zero-order valence-corrected chi connectivity index (χ0v) is 21.4. The highest BCUT2D eigenvalue weighted by molar-refractivity contribution is 8.00. The summed E-state index contributed by atoms with van der Waals surface area (Å²) >= 11 is 4.76. The number of ether oxygens (including phenoxy) is 1. The van der Waals surface area contributed by atoms with Crippen molar-refractivity contribution in [1.82, 2.24) is 9.97 Å². The molecule has 174 valence electrons. The topological polar surface area (TPSA) is 81.2 Å². The number of aryl methyl sites for hydroxylation is 4. The highest BCUT2D eigenvalue weighted by atomic mass is 32.2. The summed E-state index contributed by atoms with van der Waals surface area (Å²) in [5.41, 5.74) is 2.98. The van der Waals surface area contributed by atoms with E-state index < -0.39 is 0 Å². The summed E-state index contributed by atoms with van der Waals surface area (Å²) < 4.78 is 5.05. The van der Waals surface area contributed by atoms with Crippen molar-refractivity contribution in [2.45, 2.75) is 69.7 Å². The summed E-state index contributed by atoms with van der Waals surface area (Å²) in [5, 5.41) is 5.66. The summed E-state index contributed by atoms with van der Waals surface area (Å²) in [7, 11) is 1.40. The Morgan fingerprint density at radius 3 is 2.48 bits per heavy atom. The third kappa shape index (κ3) is 4.55. The molecule has 2 aliphatic carbocycles. The van der Waals surface area contributed by atoms with Crippen LogP contribution in [-0.4, -0.2) is 34.7 Å². The van der Waals surface area contributed by atoms with Gasteiger partial charge in [0, 0.05) is 15.1 Å². The lowest BCUT2D eigenvalue weighted by atomic mass is 9.97. The molecule has 1 amide bonds. The number of nitrogens with zero attached hydrogens (tertiary/aromatic N) is 2. The van der Waals surface area contributed by atoms with Crippen LogP contribution in [0.2, 0.25) is 0 Å². The summed E-state index contributed by atoms with van der Waals surface area (Å²) in [6.45, 7) is 1.91. The first-order valence-corrected chi connectivity index (χ1v) is 14.1. The van der Waals surface area contributed by atoms with Crippen LogP contribution in [0.1, 0.15) is 69.2 Å². The molecule has 0 aromatic carbocycles. The average Bonchev–Trinajstić information content (AvgIpc) is 3.25. The third-order valence-corrected chi connectivity index (χ3v) is 9.67. The van der Waals surface area contributed by atoms with Crippen LogP contribution < -0.4 is 5.32 Å². The minimum absolute atomic E-state index is 0.130. The quantitative estimate of drug-likeness (QED) is 0.208. The number of nitrogens with one attached hydrogen (secondary N) is 1. The van der Waals surface area contributed by atoms with Crippen molar-refractivity contribution in [3.8, 4) is 0 Å². The normalized spacial score (nSPS) is 15.6. The first-order valence-electron chi connectivity index (χ1n) is 11.5. The summed E-state index contributed by atoms with van der Waals surface area (Å²) in [6.07, 6.45) is 9.75. The SMILES string of the molecule is COC(=O)c1c(NC(=O)CSc2nc(C)nc3sc4c(c23)CCCC4)sc2c1CCCCC2. The zero-order chi connectivity index (χ0) is 22.9. The molecule has 33 heavy (non-hydrogen) atoms. The van der Waals surface area contributed by atoms with Crippen LogP contribution in [0.25, 0.3) is 10.2 Å². The summed E-state index contributed by atoms with van der Waals surface area (Å²) in [4.78, 5) is 38.5. The Hall–Kier alpha value is -1.97. The standard InChI is InChI=1S/C24H27N3O3S3/c1-13-25-21(19-14-9-6-7-11-16(14)32-22(19)26-13)31-12-18(28)27-23-20(24(29)30-2)15-8-4-3-5-10-17(15)33-23/h3-12H2,1-2H3,(H,27,28). The number of amides is 1. The van der Waals surface area contributed by atoms with Gasteiger partial charge in [-0.05, 0) is 69.4 Å². The van der Waals surface area contributed by atoms with Gasteiger partial charge in [-0.25, -0.2) is 14.8 Å². The molecule has 0 atom stereocenters. The molecule has 0 bridgehead atoms. The molecule has 1 N–H and O–H groups in total. The number of fused-ring (bicyclic) bond motifs is 4. The number of rotatable bonds is 5. The van der Waals surface area contributed by atoms with Gasteiger partial charge >= 0.3 is 5.97 Å². The number of methoxy groups -OCH3 is 1. The van der Waals surface area contributed by atoms with E-state index in [1.807, 2.05) is 6.92 Å². The predicted octanol–water partition coefficient (Wildman–Crippen LogP) is 5.73. The molecule has 0 aliphatic heterocycles. The molecule has 3 aromatic rings. The smallest absolute Gasteiger partial charge is 0.341 e. The summed E-state index contributed by atoms with van der Waals surface area (Å²) in [6, 6.07) is 0. The lowest BCUT2D eigenvalue weighted by molar-refractivity contribution is -0.113. The molecule has 0 unspecified atom stereocenters. The number of esters is 1. The van der Waals surface area contributed by atoms with Gasteiger partial charge in [0.05, 0.1) is 18.4 Å². The first-order chi connectivity index (χ1) is 16.0. The van der Waals surface area contributed by atoms with Crippen LogP contribution in [0.3, 0.4) is 0 Å². The molecule has 2 aliphatic rings. The fourth-order valence-electron chi connectivity index (χ4n) is 4.78. The second-order valence-corrected chi connectivity index (χ2v) is 11.7. The number of thiophene rings is 2. The Morgan fingerprint density at radius 2 is 1.67 bits per heavy atom. The van der Waals surface area contributed by atoms with Crippen LogP contribution in [0.4, 0.5) is 5.00 Å². The van der Waals surface area contributed by atoms with Crippen LogP contribution in [-0.2, 0) is 35.2 Å². The van der Waals surface area contributed by atoms with Crippen molar-refractivity contribution < 1.29 is 14.3 Å². The maximum absolute atomic E-state index is 13.0. The lowest BCUT2D eigenvalue weighted by Gasteiger charge is -2.12. The van der Waals surface area contributed by atoms with E-state index >= 15 is 0 Å². The molecule has 3 aromatic heterocycles. The van der Waals surface area contributed by atoms with E-state index in [1.165, 1.54) is 64.8 Å². The molecule has 6 nitrogen and oxygen atoms in total. The molecular weight excluding hydrogens is 474 g/mol. The monoisotopic (exact) mass is 501 g/mol. The minimum atomic E-state index is -0.365. The highest BCUT2D eigenvalue weighted by Gasteiger charge is 2.27. The number of aromatic nitrogens is 2. The maximum atomic E-state index is 13.0. The Labute approximate surface area is 205 Å². The van der Waals surface area contributed by atoms with Crippen molar-refractivity contribution in [1.29, 1.82) is 0 Å². The largest absolute Gasteiger partial charge is 0.465 e. The van der Waals surface area contributed by atoms with E-state index in [4.69, 9.17) is 9.72 Å². The van der Waals surface area contributed by atoms with Gasteiger partial charge in [0.15, 0.2) is 0 Å². The van der Waals surface area contributed by atoms with E-state index in [-0.39, 0.29) is 17.6 Å². The molecule has 0 saturated heterocycles.